The molecule has 3 nitrogen and oxygen atoms in total. The molecular weight excluding hydrogens is 406 g/mol. The summed E-state index contributed by atoms with van der Waals surface area (Å²) in [6.45, 7) is 0. The molecule has 2 aromatic carbocycles. The van der Waals surface area contributed by atoms with E-state index in [0.717, 1.165) is 31.4 Å². The number of aryl methyl sites for hydroxylation is 2. The Morgan fingerprint density at radius 2 is 1.77 bits per heavy atom. The fraction of sp³-hybridized carbons (Fsp3) is 0.211. The van der Waals surface area contributed by atoms with Crippen molar-refractivity contribution in [1.29, 1.82) is 0 Å². The summed E-state index contributed by atoms with van der Waals surface area (Å²) in [5.41, 5.74) is 1.64. The number of halogens is 2. The van der Waals surface area contributed by atoms with Crippen LogP contribution in [0, 0.1) is 0 Å². The average molecular weight is 423 g/mol. The van der Waals surface area contributed by atoms with Crippen LogP contribution in [0.4, 0.5) is 5.69 Å². The van der Waals surface area contributed by atoms with E-state index >= 15 is 0 Å². The predicted octanol–water partition coefficient (Wildman–Crippen LogP) is 5.67. The van der Waals surface area contributed by atoms with Gasteiger partial charge in [0.15, 0.2) is 4.75 Å². The normalized spacial score (nSPS) is 15.9. The summed E-state index contributed by atoms with van der Waals surface area (Å²) in [4.78, 5) is 6.02. The molecule has 4 rings (SSSR count). The minimum Gasteiger partial charge on any atom is -0.326 e. The van der Waals surface area contributed by atoms with E-state index in [9.17, 15) is 4.57 Å². The van der Waals surface area contributed by atoms with E-state index in [1.165, 1.54) is 4.88 Å². The lowest BCUT2D eigenvalue weighted by Crippen LogP contribution is -2.22. The first-order chi connectivity index (χ1) is 12.6. The number of hydrogen-bond donors (Lipinski definition) is 1. The second kappa shape index (κ2) is 7.36. The maximum absolute atomic E-state index is 14.2. The van der Waals surface area contributed by atoms with Gasteiger partial charge in [0.25, 0.3) is 7.29 Å². The van der Waals surface area contributed by atoms with Crippen molar-refractivity contribution in [2.24, 2.45) is 0 Å². The molecule has 1 N–H and O–H groups in total. The minimum absolute atomic E-state index is 0.367. The molecule has 7 heteroatoms. The van der Waals surface area contributed by atoms with Crippen LogP contribution in [0.1, 0.15) is 23.4 Å². The third-order valence-corrected chi connectivity index (χ3v) is 9.50. The molecule has 0 radical (unpaired) electrons. The molecule has 1 atom stereocenters. The molecule has 0 fully saturated rings. The van der Waals surface area contributed by atoms with Crippen molar-refractivity contribution < 1.29 is 4.57 Å². The number of rotatable bonds is 4. The molecule has 26 heavy (non-hydrogen) atoms. The molecule has 3 aromatic rings. The fourth-order valence-corrected chi connectivity index (χ4v) is 7.52. The number of hydrogen-bond acceptors (Lipinski definition) is 3. The maximum atomic E-state index is 14.2. The first-order valence-corrected chi connectivity index (χ1v) is 11.7. The van der Waals surface area contributed by atoms with Crippen molar-refractivity contribution in [3.05, 3.63) is 69.1 Å². The van der Waals surface area contributed by atoms with Gasteiger partial charge < -0.3 is 5.09 Å². The third kappa shape index (κ3) is 3.32. The van der Waals surface area contributed by atoms with Crippen molar-refractivity contribution in [2.45, 2.75) is 25.7 Å². The van der Waals surface area contributed by atoms with Crippen LogP contribution in [0.2, 0.25) is 10.0 Å². The van der Waals surface area contributed by atoms with E-state index in [1.54, 1.807) is 29.5 Å². The largest absolute Gasteiger partial charge is 0.326 e. The Labute approximate surface area is 166 Å². The van der Waals surface area contributed by atoms with Gasteiger partial charge in [-0.3, -0.25) is 4.57 Å². The molecule has 1 aliphatic rings. The van der Waals surface area contributed by atoms with Crippen LogP contribution >= 0.6 is 41.8 Å². The average Bonchev–Trinajstić information content (AvgIpc) is 3.11. The van der Waals surface area contributed by atoms with Crippen LogP contribution in [0.25, 0.3) is 0 Å². The molecule has 0 unspecified atom stereocenters. The van der Waals surface area contributed by atoms with Gasteiger partial charge in [0, 0.05) is 10.2 Å². The van der Waals surface area contributed by atoms with Crippen molar-refractivity contribution in [3.63, 3.8) is 0 Å². The molecule has 0 amide bonds. The first kappa shape index (κ1) is 18.1. The van der Waals surface area contributed by atoms with Gasteiger partial charge in [0.05, 0.1) is 21.4 Å². The van der Waals surface area contributed by atoms with Crippen LogP contribution in [-0.2, 0) is 17.4 Å². The number of nitrogens with zero attached hydrogens (tertiary/aromatic N) is 1. The molecule has 1 heterocycles. The van der Waals surface area contributed by atoms with Crippen molar-refractivity contribution in [3.8, 4) is 0 Å². The van der Waals surface area contributed by atoms with Crippen molar-refractivity contribution >= 4 is 57.6 Å². The second-order valence-electron chi connectivity index (χ2n) is 6.23. The number of nitrogens with one attached hydrogen (secondary N) is 1. The lowest BCUT2D eigenvalue weighted by Gasteiger charge is -2.20. The Morgan fingerprint density at radius 3 is 2.54 bits per heavy atom. The zero-order valence-electron chi connectivity index (χ0n) is 13.9. The molecule has 134 valence electrons. The fourth-order valence-electron chi connectivity index (χ4n) is 3.09. The standard InChI is InChI=1S/C19H17Cl2N2OPS/c20-14-9-6-11-16(18(14)21)23-25(24,13-7-2-1-3-8-13)19-22-15-10-4-5-12-17(15)26-19/h1-3,6-9,11H,4-5,10,12H2,(H,23,24)/t25-/m0/s1. The summed E-state index contributed by atoms with van der Waals surface area (Å²) in [7, 11) is -3.18. The summed E-state index contributed by atoms with van der Waals surface area (Å²) < 4.78 is 14.8. The summed E-state index contributed by atoms with van der Waals surface area (Å²) in [5, 5.41) is 4.70. The van der Waals surface area contributed by atoms with Crippen LogP contribution in [-0.4, -0.2) is 4.98 Å². The Hall–Kier alpha value is -1.32. The minimum atomic E-state index is -3.18. The smallest absolute Gasteiger partial charge is 0.254 e. The monoisotopic (exact) mass is 422 g/mol. The van der Waals surface area contributed by atoms with Gasteiger partial charge in [-0.1, -0.05) is 47.5 Å². The Kier molecular flexibility index (Phi) is 5.11. The number of fused-ring (bicyclic) bond motifs is 1. The number of thiazole rings is 1. The van der Waals surface area contributed by atoms with E-state index in [4.69, 9.17) is 28.2 Å². The Balaban J connectivity index is 1.84. The highest BCUT2D eigenvalue weighted by Gasteiger charge is 2.33. The zero-order chi connectivity index (χ0) is 18.1. The highest BCUT2D eigenvalue weighted by atomic mass is 35.5. The second-order valence-corrected chi connectivity index (χ2v) is 10.8. The van der Waals surface area contributed by atoms with Crippen molar-refractivity contribution in [2.75, 3.05) is 5.09 Å². The van der Waals surface area contributed by atoms with Gasteiger partial charge in [-0.15, -0.1) is 11.3 Å². The quantitative estimate of drug-likeness (QED) is 0.550. The van der Waals surface area contributed by atoms with Crippen molar-refractivity contribution in [1.82, 2.24) is 4.98 Å². The Morgan fingerprint density at radius 1 is 1.00 bits per heavy atom. The van der Waals surface area contributed by atoms with E-state index in [1.807, 2.05) is 30.3 Å². The molecule has 1 aromatic heterocycles. The highest BCUT2D eigenvalue weighted by molar-refractivity contribution is 7.84. The zero-order valence-corrected chi connectivity index (χ0v) is 17.1. The van der Waals surface area contributed by atoms with E-state index in [2.05, 4.69) is 5.09 Å². The van der Waals surface area contributed by atoms with Gasteiger partial charge in [0.1, 0.15) is 0 Å². The summed E-state index contributed by atoms with van der Waals surface area (Å²) in [6, 6.07) is 14.7. The first-order valence-electron chi connectivity index (χ1n) is 8.45. The van der Waals surface area contributed by atoms with Gasteiger partial charge in [-0.2, -0.15) is 0 Å². The summed E-state index contributed by atoms with van der Waals surface area (Å²) in [5.74, 6) is 0. The lowest BCUT2D eigenvalue weighted by atomic mass is 10.0. The van der Waals surface area contributed by atoms with Crippen LogP contribution < -0.4 is 15.1 Å². The highest BCUT2D eigenvalue weighted by Crippen LogP contribution is 2.47. The molecule has 1 aliphatic carbocycles. The summed E-state index contributed by atoms with van der Waals surface area (Å²) >= 11 is 14.0. The van der Waals surface area contributed by atoms with Crippen LogP contribution in [0.3, 0.4) is 0 Å². The summed E-state index contributed by atoms with van der Waals surface area (Å²) in [6.07, 6.45) is 4.27. The van der Waals surface area contributed by atoms with Crippen LogP contribution in [0.15, 0.2) is 48.5 Å². The van der Waals surface area contributed by atoms with Gasteiger partial charge >= 0.3 is 0 Å². The van der Waals surface area contributed by atoms with Gasteiger partial charge in [0.2, 0.25) is 0 Å². The molecule has 0 saturated heterocycles. The number of benzene rings is 2. The Bertz CT molecular complexity index is 967. The van der Waals surface area contributed by atoms with E-state index in [-0.39, 0.29) is 0 Å². The SMILES string of the molecule is O=[P@@](Nc1cccc(Cl)c1Cl)(c1ccccc1)c1nc2c(s1)CCCC2. The predicted molar refractivity (Wildman–Crippen MR) is 112 cm³/mol. The van der Waals surface area contributed by atoms with E-state index < -0.39 is 7.29 Å². The van der Waals surface area contributed by atoms with Crippen LogP contribution in [0.5, 0.6) is 0 Å². The van der Waals surface area contributed by atoms with E-state index in [0.29, 0.717) is 25.8 Å². The molecule has 0 bridgehead atoms. The third-order valence-electron chi connectivity index (χ3n) is 4.45. The molecular formula is C19H17Cl2N2OPS. The molecule has 0 spiro atoms. The molecule has 0 saturated carbocycles. The maximum Gasteiger partial charge on any atom is 0.254 e. The number of aromatic nitrogens is 1. The topological polar surface area (TPSA) is 42.0 Å². The van der Waals surface area contributed by atoms with Gasteiger partial charge in [-0.25, -0.2) is 4.98 Å². The lowest BCUT2D eigenvalue weighted by molar-refractivity contribution is 0.590. The van der Waals surface area contributed by atoms with Gasteiger partial charge in [-0.05, 0) is 49.9 Å². The molecule has 0 aliphatic heterocycles. The number of anilines is 1.